The minimum atomic E-state index is -0.686. The molecule has 2 aromatic heterocycles. The Balaban J connectivity index is 1.69. The highest BCUT2D eigenvalue weighted by Crippen LogP contribution is 2.23. The molecule has 0 aliphatic heterocycles. The molecule has 0 radical (unpaired) electrons. The second-order valence-electron chi connectivity index (χ2n) is 6.49. The van der Waals surface area contributed by atoms with Crippen LogP contribution < -0.4 is 10.6 Å². The molecule has 27 heavy (non-hydrogen) atoms. The Morgan fingerprint density at radius 2 is 1.93 bits per heavy atom. The van der Waals surface area contributed by atoms with Crippen molar-refractivity contribution >= 4 is 39.7 Å². The largest absolute Gasteiger partial charge is 0.346 e. The quantitative estimate of drug-likeness (QED) is 0.666. The topological polar surface area (TPSA) is 74.3 Å². The number of aromatic nitrogens is 1. The van der Waals surface area contributed by atoms with E-state index in [0.29, 0.717) is 12.2 Å². The first-order valence-electron chi connectivity index (χ1n) is 8.61. The van der Waals surface area contributed by atoms with Crippen molar-refractivity contribution in [3.8, 4) is 0 Å². The van der Waals surface area contributed by atoms with Gasteiger partial charge in [-0.1, -0.05) is 24.3 Å². The molecule has 2 N–H and O–H groups in total. The molecule has 1 aromatic carbocycles. The molecule has 0 saturated carbocycles. The van der Waals surface area contributed by atoms with Crippen LogP contribution in [0.4, 0.5) is 5.69 Å². The van der Waals surface area contributed by atoms with Crippen LogP contribution in [0.2, 0.25) is 0 Å². The van der Waals surface area contributed by atoms with Crippen molar-refractivity contribution in [3.63, 3.8) is 0 Å². The summed E-state index contributed by atoms with van der Waals surface area (Å²) in [6, 6.07) is 13.3. The molecule has 2 heterocycles. The molecule has 6 nitrogen and oxygen atoms in total. The lowest BCUT2D eigenvalue weighted by Gasteiger charge is -2.23. The molecule has 2 amide bonds. The number of thiophene rings is 1. The fourth-order valence-corrected chi connectivity index (χ4v) is 3.80. The number of amides is 2. The summed E-state index contributed by atoms with van der Waals surface area (Å²) in [5, 5.41) is 8.24. The number of para-hydroxylation sites is 1. The second kappa shape index (κ2) is 8.28. The number of hydrogen-bond acceptors (Lipinski definition) is 5. The standard InChI is InChI=1S/C20H22N4O2S/c1-13-11-16(14-7-4-5-8-15(14)22-13)23-20(26)19(25)21-12-17(24(2)3)18-9-6-10-27-18/h4-11,17H,12H2,1-3H3,(H,21,25)(H,22,23,26). The maximum absolute atomic E-state index is 12.4. The van der Waals surface area contributed by atoms with Crippen LogP contribution in [0.3, 0.4) is 0 Å². The van der Waals surface area contributed by atoms with Crippen molar-refractivity contribution in [1.29, 1.82) is 0 Å². The van der Waals surface area contributed by atoms with Gasteiger partial charge in [-0.15, -0.1) is 11.3 Å². The Hall–Kier alpha value is -2.77. The molecule has 0 fully saturated rings. The van der Waals surface area contributed by atoms with Crippen LogP contribution in [0.1, 0.15) is 16.6 Å². The zero-order valence-electron chi connectivity index (χ0n) is 15.5. The third-order valence-electron chi connectivity index (χ3n) is 4.25. The minimum absolute atomic E-state index is 0.0192. The molecule has 140 valence electrons. The van der Waals surface area contributed by atoms with E-state index >= 15 is 0 Å². The fraction of sp³-hybridized carbons (Fsp3) is 0.250. The Labute approximate surface area is 162 Å². The van der Waals surface area contributed by atoms with E-state index in [1.807, 2.05) is 67.7 Å². The molecule has 0 spiro atoms. The van der Waals surface area contributed by atoms with Gasteiger partial charge in [-0.05, 0) is 44.6 Å². The van der Waals surface area contributed by atoms with Gasteiger partial charge in [-0.25, -0.2) is 0 Å². The van der Waals surface area contributed by atoms with Crippen LogP contribution in [0.15, 0.2) is 47.8 Å². The maximum atomic E-state index is 12.4. The smallest absolute Gasteiger partial charge is 0.313 e. The lowest BCUT2D eigenvalue weighted by atomic mass is 10.1. The summed E-state index contributed by atoms with van der Waals surface area (Å²) in [6.45, 7) is 2.21. The van der Waals surface area contributed by atoms with Gasteiger partial charge in [0.15, 0.2) is 0 Å². The number of likely N-dealkylation sites (N-methyl/N-ethyl adjacent to an activating group) is 1. The van der Waals surface area contributed by atoms with Gasteiger partial charge < -0.3 is 15.5 Å². The zero-order chi connectivity index (χ0) is 19.4. The van der Waals surface area contributed by atoms with E-state index in [4.69, 9.17) is 0 Å². The number of pyridine rings is 1. The fourth-order valence-electron chi connectivity index (χ4n) is 2.88. The van der Waals surface area contributed by atoms with Gasteiger partial charge in [0, 0.05) is 22.5 Å². The third-order valence-corrected chi connectivity index (χ3v) is 5.22. The summed E-state index contributed by atoms with van der Waals surface area (Å²) in [5.41, 5.74) is 2.13. The van der Waals surface area contributed by atoms with Crippen LogP contribution in [-0.4, -0.2) is 42.3 Å². The van der Waals surface area contributed by atoms with Gasteiger partial charge in [0.05, 0.1) is 17.2 Å². The zero-order valence-corrected chi connectivity index (χ0v) is 16.3. The lowest BCUT2D eigenvalue weighted by molar-refractivity contribution is -0.136. The first kappa shape index (κ1) is 19.0. The number of nitrogens with one attached hydrogen (secondary N) is 2. The molecule has 0 saturated heterocycles. The van der Waals surface area contributed by atoms with Gasteiger partial charge in [0.2, 0.25) is 0 Å². The summed E-state index contributed by atoms with van der Waals surface area (Å²) in [4.78, 5) is 32.3. The number of hydrogen-bond donors (Lipinski definition) is 2. The predicted octanol–water partition coefficient (Wildman–Crippen LogP) is 2.96. The van der Waals surface area contributed by atoms with Gasteiger partial charge >= 0.3 is 11.8 Å². The minimum Gasteiger partial charge on any atom is -0.346 e. The van der Waals surface area contributed by atoms with Crippen LogP contribution in [0.5, 0.6) is 0 Å². The van der Waals surface area contributed by atoms with E-state index in [9.17, 15) is 9.59 Å². The Morgan fingerprint density at radius 3 is 2.63 bits per heavy atom. The molecule has 0 bridgehead atoms. The average molecular weight is 382 g/mol. The van der Waals surface area contributed by atoms with Crippen LogP contribution in [-0.2, 0) is 9.59 Å². The van der Waals surface area contributed by atoms with E-state index in [1.165, 1.54) is 0 Å². The van der Waals surface area contributed by atoms with E-state index in [2.05, 4.69) is 15.6 Å². The second-order valence-corrected chi connectivity index (χ2v) is 7.47. The first-order chi connectivity index (χ1) is 13.0. The van der Waals surface area contributed by atoms with Crippen LogP contribution in [0.25, 0.3) is 10.9 Å². The Kier molecular flexibility index (Phi) is 5.83. The normalized spacial score (nSPS) is 12.1. The lowest BCUT2D eigenvalue weighted by Crippen LogP contribution is -2.40. The van der Waals surface area contributed by atoms with Crippen molar-refractivity contribution in [3.05, 3.63) is 58.4 Å². The number of nitrogens with zero attached hydrogens (tertiary/aromatic N) is 2. The molecular weight excluding hydrogens is 360 g/mol. The summed E-state index contributed by atoms with van der Waals surface area (Å²) >= 11 is 1.62. The first-order valence-corrected chi connectivity index (χ1v) is 9.49. The summed E-state index contributed by atoms with van der Waals surface area (Å²) in [7, 11) is 3.89. The highest BCUT2D eigenvalue weighted by Gasteiger charge is 2.20. The molecule has 3 rings (SSSR count). The number of carbonyl (C=O) groups is 2. The van der Waals surface area contributed by atoms with E-state index in [-0.39, 0.29) is 6.04 Å². The van der Waals surface area contributed by atoms with E-state index < -0.39 is 11.8 Å². The number of fused-ring (bicyclic) bond motifs is 1. The Morgan fingerprint density at radius 1 is 1.15 bits per heavy atom. The molecule has 0 aliphatic carbocycles. The molecule has 0 aliphatic rings. The van der Waals surface area contributed by atoms with Gasteiger partial charge in [-0.3, -0.25) is 14.6 Å². The number of rotatable bonds is 5. The predicted molar refractivity (Wildman–Crippen MR) is 109 cm³/mol. The van der Waals surface area contributed by atoms with Crippen molar-refractivity contribution in [2.24, 2.45) is 0 Å². The summed E-state index contributed by atoms with van der Waals surface area (Å²) in [5.74, 6) is -1.34. The number of carbonyl (C=O) groups excluding carboxylic acids is 2. The van der Waals surface area contributed by atoms with Gasteiger partial charge in [0.1, 0.15) is 0 Å². The highest BCUT2D eigenvalue weighted by molar-refractivity contribution is 7.10. The average Bonchev–Trinajstić information content (AvgIpc) is 3.15. The third kappa shape index (κ3) is 4.50. The number of aryl methyl sites for hydroxylation is 1. The molecule has 1 unspecified atom stereocenters. The molecule has 3 aromatic rings. The summed E-state index contributed by atoms with van der Waals surface area (Å²) in [6.07, 6.45) is 0. The molecule has 7 heteroatoms. The van der Waals surface area contributed by atoms with Crippen LogP contribution >= 0.6 is 11.3 Å². The maximum Gasteiger partial charge on any atom is 0.313 e. The van der Waals surface area contributed by atoms with Gasteiger partial charge in [0.25, 0.3) is 0 Å². The van der Waals surface area contributed by atoms with E-state index in [0.717, 1.165) is 21.5 Å². The molecular formula is C20H22N4O2S. The Bertz CT molecular complexity index is 954. The SMILES string of the molecule is Cc1cc(NC(=O)C(=O)NCC(c2cccs2)N(C)C)c2ccccc2n1. The van der Waals surface area contributed by atoms with Crippen molar-refractivity contribution in [1.82, 2.24) is 15.2 Å². The summed E-state index contributed by atoms with van der Waals surface area (Å²) < 4.78 is 0. The van der Waals surface area contributed by atoms with Gasteiger partial charge in [-0.2, -0.15) is 0 Å². The van der Waals surface area contributed by atoms with Crippen molar-refractivity contribution < 1.29 is 9.59 Å². The van der Waals surface area contributed by atoms with E-state index in [1.54, 1.807) is 17.4 Å². The monoisotopic (exact) mass is 382 g/mol. The number of anilines is 1. The number of benzene rings is 1. The molecule has 1 atom stereocenters. The van der Waals surface area contributed by atoms with Crippen molar-refractivity contribution in [2.75, 3.05) is 26.0 Å². The van der Waals surface area contributed by atoms with Crippen LogP contribution in [0, 0.1) is 6.92 Å². The highest BCUT2D eigenvalue weighted by atomic mass is 32.1. The van der Waals surface area contributed by atoms with Crippen molar-refractivity contribution in [2.45, 2.75) is 13.0 Å².